The molecule has 1 amide bonds. The SMILES string of the molecule is CCC1=C(C(=O)OC)[C@@H](c2ccc(C)cc2C)N2C(CC(=O)NCc3cccc(F)c3)=CSC2=N1. The van der Waals surface area contributed by atoms with Crippen LogP contribution in [0.25, 0.3) is 0 Å². The summed E-state index contributed by atoms with van der Waals surface area (Å²) in [6.07, 6.45) is 0.672. The number of methoxy groups -OCH3 is 1. The van der Waals surface area contributed by atoms with Gasteiger partial charge in [-0.05, 0) is 54.5 Å². The van der Waals surface area contributed by atoms with Gasteiger partial charge in [-0.3, -0.25) is 4.79 Å². The third kappa shape index (κ3) is 5.17. The number of nitrogens with zero attached hydrogens (tertiary/aromatic N) is 2. The first kappa shape index (κ1) is 24.7. The van der Waals surface area contributed by atoms with Crippen LogP contribution in [0.5, 0.6) is 0 Å². The Balaban J connectivity index is 1.65. The van der Waals surface area contributed by atoms with Gasteiger partial charge in [0.2, 0.25) is 5.91 Å². The number of esters is 1. The topological polar surface area (TPSA) is 71.0 Å². The number of carbonyl (C=O) groups excluding carboxylic acids is 2. The lowest BCUT2D eigenvalue weighted by Gasteiger charge is -2.37. The average Bonchev–Trinajstić information content (AvgIpc) is 3.23. The number of hydrogen-bond donors (Lipinski definition) is 1. The molecule has 1 atom stereocenters. The van der Waals surface area contributed by atoms with Gasteiger partial charge in [0.25, 0.3) is 0 Å². The molecule has 2 aliphatic heterocycles. The lowest BCUT2D eigenvalue weighted by atomic mass is 9.89. The number of benzene rings is 2. The van der Waals surface area contributed by atoms with Crippen molar-refractivity contribution in [3.05, 3.63) is 92.9 Å². The smallest absolute Gasteiger partial charge is 0.338 e. The number of ether oxygens (including phenoxy) is 1. The van der Waals surface area contributed by atoms with E-state index in [0.29, 0.717) is 23.3 Å². The van der Waals surface area contributed by atoms with Crippen LogP contribution in [0.15, 0.2) is 69.8 Å². The maximum absolute atomic E-state index is 13.5. The van der Waals surface area contributed by atoms with Crippen LogP contribution in [0.3, 0.4) is 0 Å². The van der Waals surface area contributed by atoms with Crippen molar-refractivity contribution < 1.29 is 18.7 Å². The van der Waals surface area contributed by atoms with E-state index < -0.39 is 12.0 Å². The standard InChI is InChI=1S/C27H28FN3O3S/c1-5-22-24(26(33)34-4)25(21-10-9-16(2)11-17(21)3)31-20(15-35-27(31)30-22)13-23(32)29-14-18-7-6-8-19(28)12-18/h6-12,15,25H,5,13-14H2,1-4H3,(H,29,32)/t25-/m1/s1. The first-order chi connectivity index (χ1) is 16.8. The molecule has 4 rings (SSSR count). The highest BCUT2D eigenvalue weighted by molar-refractivity contribution is 8.16. The normalized spacial score (nSPS) is 17.1. The molecule has 0 bridgehead atoms. The zero-order chi connectivity index (χ0) is 25.1. The van der Waals surface area contributed by atoms with E-state index in [2.05, 4.69) is 11.4 Å². The lowest BCUT2D eigenvalue weighted by Crippen LogP contribution is -2.38. The molecule has 0 aromatic heterocycles. The summed E-state index contributed by atoms with van der Waals surface area (Å²) in [5.41, 5.74) is 5.73. The Morgan fingerprint density at radius 1 is 1.20 bits per heavy atom. The molecule has 182 valence electrons. The van der Waals surface area contributed by atoms with Gasteiger partial charge in [0, 0.05) is 12.2 Å². The molecule has 35 heavy (non-hydrogen) atoms. The van der Waals surface area contributed by atoms with Crippen LogP contribution < -0.4 is 5.32 Å². The fourth-order valence-electron chi connectivity index (χ4n) is 4.41. The number of aryl methyl sites for hydroxylation is 2. The van der Waals surface area contributed by atoms with Crippen LogP contribution >= 0.6 is 11.8 Å². The van der Waals surface area contributed by atoms with Gasteiger partial charge in [-0.1, -0.05) is 54.6 Å². The number of rotatable bonds is 7. The summed E-state index contributed by atoms with van der Waals surface area (Å²) in [6.45, 7) is 6.24. The zero-order valence-electron chi connectivity index (χ0n) is 20.2. The summed E-state index contributed by atoms with van der Waals surface area (Å²) in [6, 6.07) is 11.8. The summed E-state index contributed by atoms with van der Waals surface area (Å²) >= 11 is 1.44. The van der Waals surface area contributed by atoms with Gasteiger partial charge in [-0.25, -0.2) is 14.2 Å². The average molecular weight is 494 g/mol. The number of amides is 1. The molecule has 0 saturated heterocycles. The third-order valence-corrected chi connectivity index (χ3v) is 6.96. The van der Waals surface area contributed by atoms with Gasteiger partial charge in [-0.15, -0.1) is 0 Å². The van der Waals surface area contributed by atoms with Crippen molar-refractivity contribution in [3.8, 4) is 0 Å². The predicted octanol–water partition coefficient (Wildman–Crippen LogP) is 5.29. The van der Waals surface area contributed by atoms with Gasteiger partial charge in [-0.2, -0.15) is 0 Å². The maximum atomic E-state index is 13.5. The van der Waals surface area contributed by atoms with E-state index in [1.807, 2.05) is 43.2 Å². The van der Waals surface area contributed by atoms with Gasteiger partial charge >= 0.3 is 5.97 Å². The quantitative estimate of drug-likeness (QED) is 0.531. The minimum Gasteiger partial charge on any atom is -0.466 e. The Labute approximate surface area is 209 Å². The monoisotopic (exact) mass is 493 g/mol. The number of nitrogens with one attached hydrogen (secondary N) is 1. The van der Waals surface area contributed by atoms with E-state index in [4.69, 9.17) is 9.73 Å². The molecule has 0 saturated carbocycles. The second-order valence-corrected chi connectivity index (χ2v) is 9.38. The second-order valence-electron chi connectivity index (χ2n) is 8.54. The first-order valence-corrected chi connectivity index (χ1v) is 12.3. The Morgan fingerprint density at radius 3 is 2.69 bits per heavy atom. The van der Waals surface area contributed by atoms with Crippen LogP contribution in [0, 0.1) is 19.7 Å². The van der Waals surface area contributed by atoms with Crippen molar-refractivity contribution in [1.82, 2.24) is 10.2 Å². The molecule has 0 fully saturated rings. The van der Waals surface area contributed by atoms with E-state index in [1.165, 1.54) is 31.0 Å². The van der Waals surface area contributed by atoms with Crippen LogP contribution in [0.1, 0.15) is 48.1 Å². The Hall–Kier alpha value is -3.39. The van der Waals surface area contributed by atoms with Crippen LogP contribution in [-0.2, 0) is 20.9 Å². The number of allylic oxidation sites excluding steroid dienone is 1. The minimum atomic E-state index is -0.456. The number of carbonyl (C=O) groups is 2. The summed E-state index contributed by atoms with van der Waals surface area (Å²) in [7, 11) is 1.37. The molecular weight excluding hydrogens is 465 g/mol. The Morgan fingerprint density at radius 2 is 2.00 bits per heavy atom. The molecule has 0 aliphatic carbocycles. The number of halogens is 1. The van der Waals surface area contributed by atoms with Crippen molar-refractivity contribution in [3.63, 3.8) is 0 Å². The van der Waals surface area contributed by atoms with E-state index in [-0.39, 0.29) is 24.7 Å². The molecule has 2 aromatic rings. The van der Waals surface area contributed by atoms with Crippen LogP contribution in [-0.4, -0.2) is 29.1 Å². The lowest BCUT2D eigenvalue weighted by molar-refractivity contribution is -0.136. The molecular formula is C27H28FN3O3S. The third-order valence-electron chi connectivity index (χ3n) is 6.07. The summed E-state index contributed by atoms with van der Waals surface area (Å²) in [5, 5.41) is 5.50. The van der Waals surface area contributed by atoms with Gasteiger partial charge in [0.1, 0.15) is 5.82 Å². The predicted molar refractivity (Wildman–Crippen MR) is 136 cm³/mol. The van der Waals surface area contributed by atoms with Crippen molar-refractivity contribution in [2.45, 2.75) is 46.2 Å². The summed E-state index contributed by atoms with van der Waals surface area (Å²) < 4.78 is 18.6. The zero-order valence-corrected chi connectivity index (χ0v) is 21.0. The van der Waals surface area contributed by atoms with Crippen molar-refractivity contribution in [2.75, 3.05) is 7.11 Å². The molecule has 6 nitrogen and oxygen atoms in total. The Bertz CT molecular complexity index is 1270. The number of thioether (sulfide) groups is 1. The summed E-state index contributed by atoms with van der Waals surface area (Å²) in [5.74, 6) is -0.973. The van der Waals surface area contributed by atoms with Crippen LogP contribution in [0.4, 0.5) is 4.39 Å². The largest absolute Gasteiger partial charge is 0.466 e. The van der Waals surface area contributed by atoms with Crippen molar-refractivity contribution in [2.24, 2.45) is 4.99 Å². The molecule has 0 radical (unpaired) electrons. The van der Waals surface area contributed by atoms with Gasteiger partial charge < -0.3 is 15.0 Å². The van der Waals surface area contributed by atoms with E-state index in [1.54, 1.807) is 12.1 Å². The fourth-order valence-corrected chi connectivity index (χ4v) is 5.35. The van der Waals surface area contributed by atoms with E-state index >= 15 is 0 Å². The number of hydrogen-bond acceptors (Lipinski definition) is 6. The highest BCUT2D eigenvalue weighted by atomic mass is 32.2. The maximum Gasteiger partial charge on any atom is 0.338 e. The molecule has 2 aliphatic rings. The van der Waals surface area contributed by atoms with Gasteiger partial charge in [0.05, 0.1) is 30.8 Å². The molecule has 2 aromatic carbocycles. The molecule has 2 heterocycles. The van der Waals surface area contributed by atoms with Crippen LogP contribution in [0.2, 0.25) is 0 Å². The highest BCUT2D eigenvalue weighted by Gasteiger charge is 2.41. The van der Waals surface area contributed by atoms with Gasteiger partial charge in [0.15, 0.2) is 5.17 Å². The number of fused-ring (bicyclic) bond motifs is 1. The van der Waals surface area contributed by atoms with E-state index in [0.717, 1.165) is 27.6 Å². The second kappa shape index (κ2) is 10.5. The highest BCUT2D eigenvalue weighted by Crippen LogP contribution is 2.46. The minimum absolute atomic E-state index is 0.0959. The van der Waals surface area contributed by atoms with E-state index in [9.17, 15) is 14.0 Å². The molecule has 1 N–H and O–H groups in total. The first-order valence-electron chi connectivity index (χ1n) is 11.5. The molecule has 0 spiro atoms. The number of aliphatic imine (C=N–C) groups is 1. The molecule has 8 heteroatoms. The molecule has 0 unspecified atom stereocenters. The fraction of sp³-hybridized carbons (Fsp3) is 0.296. The number of amidine groups is 1. The van der Waals surface area contributed by atoms with Crippen molar-refractivity contribution >= 4 is 28.8 Å². The Kier molecular flexibility index (Phi) is 7.40. The summed E-state index contributed by atoms with van der Waals surface area (Å²) in [4.78, 5) is 32.6. The van der Waals surface area contributed by atoms with Crippen molar-refractivity contribution in [1.29, 1.82) is 0 Å².